The third-order valence-corrected chi connectivity index (χ3v) is 6.21. The molecule has 3 saturated heterocycles. The maximum absolute atomic E-state index is 6.40. The van der Waals surface area contributed by atoms with Crippen molar-refractivity contribution in [3.05, 3.63) is 71.8 Å². The smallest absolute Gasteiger partial charge is 0.184 e. The Morgan fingerprint density at radius 3 is 2.40 bits per heavy atom. The predicted molar refractivity (Wildman–Crippen MR) is 110 cm³/mol. The molecule has 7 atom stereocenters. The molecule has 6 heteroatoms. The molecule has 0 amide bonds. The Hall–Kier alpha value is -1.80. The van der Waals surface area contributed by atoms with Crippen LogP contribution < -0.4 is 0 Å². The van der Waals surface area contributed by atoms with Crippen LogP contribution in [0, 0.1) is 0 Å². The summed E-state index contributed by atoms with van der Waals surface area (Å²) in [5, 5.41) is 0. The van der Waals surface area contributed by atoms with Crippen LogP contribution in [-0.4, -0.2) is 54.9 Å². The molecule has 6 nitrogen and oxygen atoms in total. The Morgan fingerprint density at radius 1 is 0.933 bits per heavy atom. The summed E-state index contributed by atoms with van der Waals surface area (Å²) in [4.78, 5) is 2.30. The zero-order valence-electron chi connectivity index (χ0n) is 17.4. The second-order valence-electron chi connectivity index (χ2n) is 8.04. The lowest BCUT2D eigenvalue weighted by Gasteiger charge is -2.47. The number of likely N-dealkylation sites (N-methyl/N-ethyl adjacent to an activating group) is 1. The topological polar surface area (TPSA) is 49.4 Å². The summed E-state index contributed by atoms with van der Waals surface area (Å²) in [5.41, 5.74) is 2.13. The van der Waals surface area contributed by atoms with E-state index in [1.807, 2.05) is 48.5 Å². The number of nitrogens with zero attached hydrogens (tertiary/aromatic N) is 1. The molecule has 0 aromatic heterocycles. The van der Waals surface area contributed by atoms with Gasteiger partial charge in [0.1, 0.15) is 24.5 Å². The number of rotatable bonds is 5. The minimum atomic E-state index is -0.409. The molecule has 0 radical (unpaired) electrons. The van der Waals surface area contributed by atoms with E-state index in [0.717, 1.165) is 17.7 Å². The van der Waals surface area contributed by atoms with Gasteiger partial charge in [-0.1, -0.05) is 67.6 Å². The summed E-state index contributed by atoms with van der Waals surface area (Å²) >= 11 is 0. The standard InChI is InChI=1S/C24H29NO5/c1-3-25-16(2)28-22-20(25)24(26-14-17-10-6-4-7-11-17)29-19-15-27-23(30-21(19)22)18-12-8-5-9-13-18/h4-13,16,19-24H,3,14-15H2,1-2H3/t16-,19+,20+,21+,22-,23?,24+/m0/s1. The predicted octanol–water partition coefficient (Wildman–Crippen LogP) is 3.48. The number of fused-ring (bicyclic) bond motifs is 3. The Morgan fingerprint density at radius 2 is 1.67 bits per heavy atom. The van der Waals surface area contributed by atoms with Crippen molar-refractivity contribution in [1.82, 2.24) is 4.90 Å². The molecule has 3 heterocycles. The van der Waals surface area contributed by atoms with Crippen LogP contribution in [0.3, 0.4) is 0 Å². The molecule has 3 fully saturated rings. The molecule has 5 rings (SSSR count). The van der Waals surface area contributed by atoms with Crippen LogP contribution >= 0.6 is 0 Å². The van der Waals surface area contributed by atoms with Gasteiger partial charge in [-0.3, -0.25) is 4.90 Å². The molecule has 30 heavy (non-hydrogen) atoms. The first-order chi connectivity index (χ1) is 14.7. The molecular weight excluding hydrogens is 382 g/mol. The lowest BCUT2D eigenvalue weighted by Crippen LogP contribution is -2.63. The summed E-state index contributed by atoms with van der Waals surface area (Å²) in [6, 6.07) is 20.2. The summed E-state index contributed by atoms with van der Waals surface area (Å²) in [6.07, 6.45) is -1.39. The van der Waals surface area contributed by atoms with Gasteiger partial charge in [0.05, 0.1) is 19.3 Å². The van der Waals surface area contributed by atoms with Gasteiger partial charge in [-0.05, 0) is 19.0 Å². The van der Waals surface area contributed by atoms with Crippen LogP contribution in [0.15, 0.2) is 60.7 Å². The van der Waals surface area contributed by atoms with Gasteiger partial charge in [0.2, 0.25) is 0 Å². The van der Waals surface area contributed by atoms with Crippen molar-refractivity contribution in [3.8, 4) is 0 Å². The maximum atomic E-state index is 6.40. The van der Waals surface area contributed by atoms with Crippen molar-refractivity contribution in [3.63, 3.8) is 0 Å². The van der Waals surface area contributed by atoms with Crippen molar-refractivity contribution in [1.29, 1.82) is 0 Å². The van der Waals surface area contributed by atoms with Crippen molar-refractivity contribution in [2.75, 3.05) is 13.2 Å². The van der Waals surface area contributed by atoms with Crippen LogP contribution in [0.2, 0.25) is 0 Å². The average Bonchev–Trinajstić information content (AvgIpc) is 3.15. The van der Waals surface area contributed by atoms with Gasteiger partial charge in [0.25, 0.3) is 0 Å². The van der Waals surface area contributed by atoms with Crippen LogP contribution in [-0.2, 0) is 30.3 Å². The van der Waals surface area contributed by atoms with Gasteiger partial charge in [0, 0.05) is 5.56 Å². The van der Waals surface area contributed by atoms with E-state index in [1.54, 1.807) is 0 Å². The Bertz CT molecular complexity index is 819. The Labute approximate surface area is 177 Å². The number of hydrogen-bond acceptors (Lipinski definition) is 6. The van der Waals surface area contributed by atoms with E-state index >= 15 is 0 Å². The molecule has 0 aliphatic carbocycles. The minimum absolute atomic E-state index is 0.0169. The van der Waals surface area contributed by atoms with Crippen molar-refractivity contribution in [2.24, 2.45) is 0 Å². The molecule has 160 valence electrons. The highest BCUT2D eigenvalue weighted by molar-refractivity contribution is 5.17. The second kappa shape index (κ2) is 8.75. The summed E-state index contributed by atoms with van der Waals surface area (Å²) in [6.45, 7) is 6.01. The largest absolute Gasteiger partial charge is 0.356 e. The summed E-state index contributed by atoms with van der Waals surface area (Å²) < 4.78 is 31.4. The lowest BCUT2D eigenvalue weighted by atomic mass is 9.95. The highest BCUT2D eigenvalue weighted by Gasteiger charge is 2.57. The SMILES string of the molecule is CCN1[C@H]2[C@H](OCc3ccccc3)O[C@@H]3COC(c4ccccc4)O[C@H]3[C@H]2O[C@H]1C. The van der Waals surface area contributed by atoms with E-state index in [0.29, 0.717) is 13.2 Å². The fourth-order valence-electron chi connectivity index (χ4n) is 4.75. The quantitative estimate of drug-likeness (QED) is 0.751. The average molecular weight is 411 g/mol. The Kier molecular flexibility index (Phi) is 5.87. The highest BCUT2D eigenvalue weighted by Crippen LogP contribution is 2.41. The molecule has 0 saturated carbocycles. The first kappa shape index (κ1) is 20.1. The normalized spacial score (nSPS) is 36.3. The number of benzene rings is 2. The summed E-state index contributed by atoms with van der Waals surface area (Å²) in [7, 11) is 0. The number of hydrogen-bond donors (Lipinski definition) is 0. The maximum Gasteiger partial charge on any atom is 0.184 e. The third kappa shape index (κ3) is 3.80. The van der Waals surface area contributed by atoms with E-state index in [2.05, 4.69) is 30.9 Å². The first-order valence-electron chi connectivity index (χ1n) is 10.8. The molecule has 3 aliphatic heterocycles. The molecule has 0 bridgehead atoms. The Balaban J connectivity index is 1.35. The van der Waals surface area contributed by atoms with E-state index in [-0.39, 0.29) is 30.6 Å². The van der Waals surface area contributed by atoms with Gasteiger partial charge < -0.3 is 23.7 Å². The molecule has 0 N–H and O–H groups in total. The first-order valence-corrected chi connectivity index (χ1v) is 10.8. The summed E-state index contributed by atoms with van der Waals surface area (Å²) in [5.74, 6) is 0. The minimum Gasteiger partial charge on any atom is -0.356 e. The molecule has 3 aliphatic rings. The van der Waals surface area contributed by atoms with Crippen LogP contribution in [0.25, 0.3) is 0 Å². The third-order valence-electron chi connectivity index (χ3n) is 6.21. The van der Waals surface area contributed by atoms with Crippen LogP contribution in [0.5, 0.6) is 0 Å². The molecular formula is C24H29NO5. The van der Waals surface area contributed by atoms with Gasteiger partial charge in [-0.15, -0.1) is 0 Å². The van der Waals surface area contributed by atoms with Crippen LogP contribution in [0.4, 0.5) is 0 Å². The van der Waals surface area contributed by atoms with E-state index in [1.165, 1.54) is 0 Å². The fourth-order valence-corrected chi connectivity index (χ4v) is 4.75. The van der Waals surface area contributed by atoms with Crippen molar-refractivity contribution in [2.45, 2.75) is 63.6 Å². The number of ether oxygens (including phenoxy) is 5. The fraction of sp³-hybridized carbons (Fsp3) is 0.500. The lowest BCUT2D eigenvalue weighted by molar-refractivity contribution is -0.343. The molecule has 2 aromatic rings. The monoisotopic (exact) mass is 411 g/mol. The van der Waals surface area contributed by atoms with Gasteiger partial charge in [-0.25, -0.2) is 0 Å². The van der Waals surface area contributed by atoms with E-state index in [9.17, 15) is 0 Å². The van der Waals surface area contributed by atoms with E-state index in [4.69, 9.17) is 23.7 Å². The molecule has 2 aromatic carbocycles. The zero-order chi connectivity index (χ0) is 20.5. The van der Waals surface area contributed by atoms with Crippen LogP contribution in [0.1, 0.15) is 31.3 Å². The van der Waals surface area contributed by atoms with Crippen molar-refractivity contribution < 1.29 is 23.7 Å². The van der Waals surface area contributed by atoms with Gasteiger partial charge in [0.15, 0.2) is 12.6 Å². The van der Waals surface area contributed by atoms with Crippen molar-refractivity contribution >= 4 is 0 Å². The molecule has 0 spiro atoms. The van der Waals surface area contributed by atoms with Gasteiger partial charge in [-0.2, -0.15) is 0 Å². The van der Waals surface area contributed by atoms with Gasteiger partial charge >= 0.3 is 0 Å². The second-order valence-corrected chi connectivity index (χ2v) is 8.04. The zero-order valence-corrected chi connectivity index (χ0v) is 17.4. The van der Waals surface area contributed by atoms with E-state index < -0.39 is 12.6 Å². The highest BCUT2D eigenvalue weighted by atomic mass is 16.8. The molecule has 1 unspecified atom stereocenters.